The smallest absolute Gasteiger partial charge is 0.272 e. The van der Waals surface area contributed by atoms with Gasteiger partial charge in [-0.05, 0) is 19.4 Å². The van der Waals surface area contributed by atoms with E-state index in [0.29, 0.717) is 18.7 Å². The number of nitrogens with one attached hydrogen (secondary N) is 2. The van der Waals surface area contributed by atoms with Crippen LogP contribution in [0.4, 0.5) is 0 Å². The minimum Gasteiger partial charge on any atom is -0.369 e. The molecule has 7 nitrogen and oxygen atoms in total. The van der Waals surface area contributed by atoms with Crippen molar-refractivity contribution in [2.45, 2.75) is 39.0 Å². The van der Waals surface area contributed by atoms with E-state index in [1.54, 1.807) is 17.1 Å². The lowest BCUT2D eigenvalue weighted by atomic mass is 9.99. The molecule has 0 bridgehead atoms. The number of hydrogen-bond donors (Lipinski definition) is 2. The molecule has 1 aliphatic heterocycles. The van der Waals surface area contributed by atoms with Gasteiger partial charge in [-0.15, -0.1) is 0 Å². The number of carbonyl (C=O) groups excluding carboxylic acids is 1. The molecule has 2 aromatic heterocycles. The largest absolute Gasteiger partial charge is 0.369 e. The number of imidazole rings is 1. The summed E-state index contributed by atoms with van der Waals surface area (Å²) in [6.07, 6.45) is 4.20. The standard InChI is InChI=1S/C20H23N5O2/c1-12-10-16-17(24-25(3)18(16)13(2)27-12)20(26)23-11-14-6-4-5-7-15(14)19-21-8-9-22-19/h4-9,12-13H,10-11H2,1-3H3,(H,21,22)(H,23,26)/t12-,13+/m1/s1. The third-order valence-electron chi connectivity index (χ3n) is 4.93. The van der Waals surface area contributed by atoms with Crippen molar-refractivity contribution in [1.29, 1.82) is 0 Å². The van der Waals surface area contributed by atoms with Gasteiger partial charge >= 0.3 is 0 Å². The molecule has 1 amide bonds. The van der Waals surface area contributed by atoms with Gasteiger partial charge in [-0.3, -0.25) is 9.48 Å². The number of rotatable bonds is 4. The molecule has 2 atom stereocenters. The number of ether oxygens (including phenoxy) is 1. The van der Waals surface area contributed by atoms with Crippen LogP contribution < -0.4 is 5.32 Å². The molecule has 2 N–H and O–H groups in total. The first-order chi connectivity index (χ1) is 13.0. The number of aryl methyl sites for hydroxylation is 1. The highest BCUT2D eigenvalue weighted by Crippen LogP contribution is 2.31. The molecule has 4 rings (SSSR count). The molecule has 0 saturated heterocycles. The predicted molar refractivity (Wildman–Crippen MR) is 101 cm³/mol. The van der Waals surface area contributed by atoms with Crippen molar-refractivity contribution in [2.75, 3.05) is 0 Å². The average molecular weight is 365 g/mol. The highest BCUT2D eigenvalue weighted by molar-refractivity contribution is 5.94. The fourth-order valence-electron chi connectivity index (χ4n) is 3.80. The minimum absolute atomic E-state index is 0.0671. The Kier molecular flexibility index (Phi) is 4.53. The molecule has 1 aromatic carbocycles. The van der Waals surface area contributed by atoms with Crippen molar-refractivity contribution >= 4 is 5.91 Å². The van der Waals surface area contributed by atoms with E-state index in [2.05, 4.69) is 20.4 Å². The van der Waals surface area contributed by atoms with Crippen LogP contribution in [-0.2, 0) is 24.8 Å². The van der Waals surface area contributed by atoms with Gasteiger partial charge < -0.3 is 15.0 Å². The van der Waals surface area contributed by atoms with Crippen molar-refractivity contribution in [2.24, 2.45) is 7.05 Å². The van der Waals surface area contributed by atoms with E-state index >= 15 is 0 Å². The van der Waals surface area contributed by atoms with E-state index in [-0.39, 0.29) is 18.1 Å². The Hall–Kier alpha value is -2.93. The van der Waals surface area contributed by atoms with Crippen molar-refractivity contribution < 1.29 is 9.53 Å². The number of H-pyrrole nitrogens is 1. The lowest BCUT2D eigenvalue weighted by Gasteiger charge is -2.26. The molecule has 7 heteroatoms. The molecule has 0 unspecified atom stereocenters. The molecular formula is C20H23N5O2. The molecule has 3 aromatic rings. The Bertz CT molecular complexity index is 961. The summed E-state index contributed by atoms with van der Waals surface area (Å²) in [5.74, 6) is 0.622. The van der Waals surface area contributed by atoms with E-state index in [4.69, 9.17) is 4.74 Å². The maximum absolute atomic E-state index is 12.9. The van der Waals surface area contributed by atoms with Crippen molar-refractivity contribution in [3.05, 3.63) is 59.2 Å². The van der Waals surface area contributed by atoms with E-state index in [1.165, 1.54) is 0 Å². The van der Waals surface area contributed by atoms with Gasteiger partial charge in [-0.25, -0.2) is 4.98 Å². The quantitative estimate of drug-likeness (QED) is 0.744. The van der Waals surface area contributed by atoms with Crippen LogP contribution in [0, 0.1) is 0 Å². The summed E-state index contributed by atoms with van der Waals surface area (Å²) in [5.41, 5.74) is 4.43. The van der Waals surface area contributed by atoms with Gasteiger partial charge in [0.25, 0.3) is 5.91 Å². The Morgan fingerprint density at radius 3 is 2.96 bits per heavy atom. The zero-order valence-electron chi connectivity index (χ0n) is 15.7. The summed E-state index contributed by atoms with van der Waals surface area (Å²) >= 11 is 0. The molecular weight excluding hydrogens is 342 g/mol. The van der Waals surface area contributed by atoms with Crippen LogP contribution in [0.3, 0.4) is 0 Å². The molecule has 1 aliphatic rings. The Morgan fingerprint density at radius 2 is 2.19 bits per heavy atom. The van der Waals surface area contributed by atoms with Gasteiger partial charge in [-0.2, -0.15) is 5.10 Å². The van der Waals surface area contributed by atoms with Gasteiger partial charge in [0.1, 0.15) is 5.82 Å². The topological polar surface area (TPSA) is 84.8 Å². The van der Waals surface area contributed by atoms with Crippen LogP contribution in [0.15, 0.2) is 36.7 Å². The molecule has 0 radical (unpaired) electrons. The maximum atomic E-state index is 12.9. The number of aromatic amines is 1. The fourth-order valence-corrected chi connectivity index (χ4v) is 3.80. The summed E-state index contributed by atoms with van der Waals surface area (Å²) in [7, 11) is 1.86. The highest BCUT2D eigenvalue weighted by Gasteiger charge is 2.31. The van der Waals surface area contributed by atoms with Crippen LogP contribution in [0.1, 0.15) is 47.3 Å². The van der Waals surface area contributed by atoms with Gasteiger partial charge in [0.05, 0.1) is 17.9 Å². The first-order valence-corrected chi connectivity index (χ1v) is 9.11. The summed E-state index contributed by atoms with van der Waals surface area (Å²) in [4.78, 5) is 20.3. The summed E-state index contributed by atoms with van der Waals surface area (Å²) in [6.45, 7) is 4.42. The van der Waals surface area contributed by atoms with Crippen LogP contribution in [0.25, 0.3) is 11.4 Å². The second kappa shape index (κ2) is 7.00. The number of amides is 1. The Labute approximate surface area is 157 Å². The summed E-state index contributed by atoms with van der Waals surface area (Å²) in [6, 6.07) is 7.89. The van der Waals surface area contributed by atoms with Crippen LogP contribution in [0.5, 0.6) is 0 Å². The van der Waals surface area contributed by atoms with Gasteiger partial charge in [0.2, 0.25) is 0 Å². The maximum Gasteiger partial charge on any atom is 0.272 e. The molecule has 0 spiro atoms. The third kappa shape index (κ3) is 3.26. The summed E-state index contributed by atoms with van der Waals surface area (Å²) in [5, 5.41) is 7.48. The Morgan fingerprint density at radius 1 is 1.37 bits per heavy atom. The van der Waals surface area contributed by atoms with E-state index in [1.807, 2.05) is 45.2 Å². The highest BCUT2D eigenvalue weighted by atomic mass is 16.5. The fraction of sp³-hybridized carbons (Fsp3) is 0.350. The average Bonchev–Trinajstić information content (AvgIpc) is 3.28. The minimum atomic E-state index is -0.164. The Balaban J connectivity index is 1.56. The first-order valence-electron chi connectivity index (χ1n) is 9.11. The summed E-state index contributed by atoms with van der Waals surface area (Å²) < 4.78 is 7.63. The molecule has 0 aliphatic carbocycles. The number of carbonyl (C=O) groups is 1. The van der Waals surface area contributed by atoms with Gasteiger partial charge in [-0.1, -0.05) is 24.3 Å². The van der Waals surface area contributed by atoms with Crippen LogP contribution in [-0.4, -0.2) is 31.8 Å². The number of hydrogen-bond acceptors (Lipinski definition) is 4. The molecule has 27 heavy (non-hydrogen) atoms. The molecule has 0 saturated carbocycles. The molecule has 140 valence electrons. The number of nitrogens with zero attached hydrogens (tertiary/aromatic N) is 3. The number of fused-ring (bicyclic) bond motifs is 1. The SMILES string of the molecule is C[C@@H]1Cc2c(C(=O)NCc3ccccc3-c3ncc[nH]3)nn(C)c2[C@H](C)O1. The lowest BCUT2D eigenvalue weighted by Crippen LogP contribution is -2.27. The zero-order valence-corrected chi connectivity index (χ0v) is 15.7. The van der Waals surface area contributed by atoms with Gasteiger partial charge in [0, 0.05) is 43.5 Å². The van der Waals surface area contributed by atoms with Crippen molar-refractivity contribution in [1.82, 2.24) is 25.1 Å². The first kappa shape index (κ1) is 17.5. The lowest BCUT2D eigenvalue weighted by molar-refractivity contribution is -0.00903. The second-order valence-electron chi connectivity index (χ2n) is 6.91. The zero-order chi connectivity index (χ0) is 19.0. The van der Waals surface area contributed by atoms with E-state index in [9.17, 15) is 4.79 Å². The second-order valence-corrected chi connectivity index (χ2v) is 6.91. The van der Waals surface area contributed by atoms with Crippen molar-refractivity contribution in [3.63, 3.8) is 0 Å². The molecule has 3 heterocycles. The normalized spacial score (nSPS) is 18.9. The van der Waals surface area contributed by atoms with E-state index < -0.39 is 0 Å². The predicted octanol–water partition coefficient (Wildman–Crippen LogP) is 2.76. The molecule has 0 fully saturated rings. The van der Waals surface area contributed by atoms with Crippen LogP contribution >= 0.6 is 0 Å². The third-order valence-corrected chi connectivity index (χ3v) is 4.93. The number of benzene rings is 1. The number of aromatic nitrogens is 4. The van der Waals surface area contributed by atoms with Crippen LogP contribution in [0.2, 0.25) is 0 Å². The monoisotopic (exact) mass is 365 g/mol. The van der Waals surface area contributed by atoms with Gasteiger partial charge in [0.15, 0.2) is 5.69 Å². The van der Waals surface area contributed by atoms with E-state index in [0.717, 1.165) is 28.2 Å². The van der Waals surface area contributed by atoms with Crippen molar-refractivity contribution in [3.8, 4) is 11.4 Å².